The van der Waals surface area contributed by atoms with Crippen molar-refractivity contribution in [1.82, 2.24) is 9.78 Å². The van der Waals surface area contributed by atoms with Gasteiger partial charge in [0.2, 0.25) is 0 Å². The molecule has 2 rings (SSSR count). The van der Waals surface area contributed by atoms with Gasteiger partial charge in [0.15, 0.2) is 5.78 Å². The summed E-state index contributed by atoms with van der Waals surface area (Å²) in [5, 5.41) is 4.90. The molecule has 0 aliphatic heterocycles. The molecule has 20 heavy (non-hydrogen) atoms. The number of Topliss-reactive ketones (excluding diaryl/α,β-unsaturated/α-hetero) is 1. The van der Waals surface area contributed by atoms with Crippen molar-refractivity contribution in [1.29, 1.82) is 0 Å². The molecule has 6 heteroatoms. The van der Waals surface area contributed by atoms with Crippen LogP contribution in [0.15, 0.2) is 27.1 Å². The van der Waals surface area contributed by atoms with Crippen LogP contribution in [0.5, 0.6) is 0 Å². The zero-order valence-electron chi connectivity index (χ0n) is 11.1. The Morgan fingerprint density at radius 3 is 2.70 bits per heavy atom. The van der Waals surface area contributed by atoms with Gasteiger partial charge in [-0.25, -0.2) is 0 Å². The summed E-state index contributed by atoms with van der Waals surface area (Å²) in [4.78, 5) is 12.4. The van der Waals surface area contributed by atoms with Crippen molar-refractivity contribution in [3.05, 3.63) is 49.1 Å². The second-order valence-electron chi connectivity index (χ2n) is 4.39. The molecule has 0 N–H and O–H groups in total. The normalized spacial score (nSPS) is 10.8. The maximum absolute atomic E-state index is 12.4. The lowest BCUT2D eigenvalue weighted by atomic mass is 10.1. The van der Waals surface area contributed by atoms with E-state index in [4.69, 9.17) is 11.6 Å². The number of aryl methyl sites for hydroxylation is 2. The average molecular weight is 421 g/mol. The van der Waals surface area contributed by atoms with E-state index in [-0.39, 0.29) is 12.2 Å². The van der Waals surface area contributed by atoms with Crippen LogP contribution in [-0.4, -0.2) is 15.6 Å². The lowest BCUT2D eigenvalue weighted by Crippen LogP contribution is -2.10. The number of nitrogens with zero attached hydrogens (tertiary/aromatic N) is 2. The third-order valence-electron chi connectivity index (χ3n) is 3.01. The molecular weight excluding hydrogens is 407 g/mol. The summed E-state index contributed by atoms with van der Waals surface area (Å²) < 4.78 is 3.48. The lowest BCUT2D eigenvalue weighted by molar-refractivity contribution is 0.0990. The van der Waals surface area contributed by atoms with Gasteiger partial charge in [-0.05, 0) is 32.0 Å². The van der Waals surface area contributed by atoms with Gasteiger partial charge in [-0.2, -0.15) is 5.10 Å². The SMILES string of the molecule is CCn1nc(C)c(Cl)c1CC(=O)c1ccc(Br)cc1Br. The fraction of sp³-hybridized carbons (Fsp3) is 0.286. The molecule has 0 atom stereocenters. The van der Waals surface area contributed by atoms with E-state index < -0.39 is 0 Å². The number of carbonyl (C=O) groups excluding carboxylic acids is 1. The Balaban J connectivity index is 2.32. The topological polar surface area (TPSA) is 34.9 Å². The molecule has 0 aliphatic rings. The van der Waals surface area contributed by atoms with Crippen molar-refractivity contribution in [2.45, 2.75) is 26.8 Å². The predicted molar refractivity (Wildman–Crippen MR) is 87.5 cm³/mol. The first-order chi connectivity index (χ1) is 9.43. The van der Waals surface area contributed by atoms with E-state index in [9.17, 15) is 4.79 Å². The maximum Gasteiger partial charge on any atom is 0.169 e. The lowest BCUT2D eigenvalue weighted by Gasteiger charge is -2.07. The molecule has 2 aromatic rings. The monoisotopic (exact) mass is 418 g/mol. The molecule has 0 saturated carbocycles. The van der Waals surface area contributed by atoms with Crippen LogP contribution in [0.4, 0.5) is 0 Å². The molecule has 0 unspecified atom stereocenters. The van der Waals surface area contributed by atoms with Gasteiger partial charge in [-0.1, -0.05) is 43.5 Å². The van der Waals surface area contributed by atoms with E-state index in [2.05, 4.69) is 37.0 Å². The quantitative estimate of drug-likeness (QED) is 0.665. The Kier molecular flexibility index (Phi) is 5.04. The molecule has 0 aliphatic carbocycles. The number of ketones is 1. The third-order valence-corrected chi connectivity index (χ3v) is 4.65. The van der Waals surface area contributed by atoms with E-state index >= 15 is 0 Å². The number of halogens is 3. The molecule has 3 nitrogen and oxygen atoms in total. The summed E-state index contributed by atoms with van der Waals surface area (Å²) in [5.41, 5.74) is 2.17. The zero-order valence-corrected chi connectivity index (χ0v) is 15.0. The second kappa shape index (κ2) is 6.41. The van der Waals surface area contributed by atoms with E-state index in [1.165, 1.54) is 0 Å². The average Bonchev–Trinajstić information content (AvgIpc) is 2.66. The van der Waals surface area contributed by atoms with Crippen LogP contribution < -0.4 is 0 Å². The standard InChI is InChI=1S/C14H13Br2ClN2O/c1-3-19-12(14(17)8(2)18-19)7-13(20)10-5-4-9(15)6-11(10)16/h4-6H,3,7H2,1-2H3. The largest absolute Gasteiger partial charge is 0.294 e. The van der Waals surface area contributed by atoms with Crippen molar-refractivity contribution in [2.75, 3.05) is 0 Å². The van der Waals surface area contributed by atoms with Crippen LogP contribution in [0.25, 0.3) is 0 Å². The Hall–Kier alpha value is -0.650. The highest BCUT2D eigenvalue weighted by atomic mass is 79.9. The highest BCUT2D eigenvalue weighted by molar-refractivity contribution is 9.11. The second-order valence-corrected chi connectivity index (χ2v) is 6.53. The smallest absolute Gasteiger partial charge is 0.169 e. The Bertz CT molecular complexity index is 667. The Morgan fingerprint density at radius 2 is 2.10 bits per heavy atom. The minimum atomic E-state index is 0.0147. The molecule has 0 spiro atoms. The highest BCUT2D eigenvalue weighted by Crippen LogP contribution is 2.26. The van der Waals surface area contributed by atoms with E-state index in [1.807, 2.05) is 26.0 Å². The van der Waals surface area contributed by atoms with Gasteiger partial charge >= 0.3 is 0 Å². The van der Waals surface area contributed by atoms with Crippen LogP contribution in [0.3, 0.4) is 0 Å². The first kappa shape index (κ1) is 15.7. The van der Waals surface area contributed by atoms with Gasteiger partial charge in [0.1, 0.15) is 0 Å². The minimum absolute atomic E-state index is 0.0147. The molecule has 0 saturated heterocycles. The highest BCUT2D eigenvalue weighted by Gasteiger charge is 2.18. The minimum Gasteiger partial charge on any atom is -0.294 e. The van der Waals surface area contributed by atoms with Crippen LogP contribution in [-0.2, 0) is 13.0 Å². The van der Waals surface area contributed by atoms with Gasteiger partial charge in [0.25, 0.3) is 0 Å². The number of aromatic nitrogens is 2. The molecule has 0 amide bonds. The third kappa shape index (κ3) is 3.15. The summed E-state index contributed by atoms with van der Waals surface area (Å²) in [5.74, 6) is 0.0147. The van der Waals surface area contributed by atoms with Crippen molar-refractivity contribution in [2.24, 2.45) is 0 Å². The first-order valence-electron chi connectivity index (χ1n) is 6.14. The number of rotatable bonds is 4. The molecule has 1 heterocycles. The van der Waals surface area contributed by atoms with Gasteiger partial charge in [0, 0.05) is 21.1 Å². The van der Waals surface area contributed by atoms with E-state index in [0.29, 0.717) is 17.1 Å². The number of benzene rings is 1. The predicted octanol–water partition coefficient (Wildman–Crippen LogP) is 4.82. The molecular formula is C14H13Br2ClN2O. The molecule has 1 aromatic carbocycles. The van der Waals surface area contributed by atoms with Gasteiger partial charge < -0.3 is 0 Å². The summed E-state index contributed by atoms with van der Waals surface area (Å²) in [6.07, 6.45) is 0.244. The number of hydrogen-bond donors (Lipinski definition) is 0. The van der Waals surface area contributed by atoms with Gasteiger partial charge in [-0.3, -0.25) is 9.48 Å². The molecule has 0 fully saturated rings. The fourth-order valence-electron chi connectivity index (χ4n) is 2.00. The van der Waals surface area contributed by atoms with Crippen LogP contribution in [0, 0.1) is 6.92 Å². The van der Waals surface area contributed by atoms with Crippen LogP contribution in [0.2, 0.25) is 5.02 Å². The Labute approximate surface area is 139 Å². The van der Waals surface area contributed by atoms with Crippen molar-refractivity contribution >= 4 is 49.2 Å². The van der Waals surface area contributed by atoms with Crippen LogP contribution in [0.1, 0.15) is 28.7 Å². The van der Waals surface area contributed by atoms with E-state index in [1.54, 1.807) is 10.7 Å². The fourth-order valence-corrected chi connectivity index (χ4v) is 3.47. The molecule has 106 valence electrons. The van der Waals surface area contributed by atoms with E-state index in [0.717, 1.165) is 20.3 Å². The maximum atomic E-state index is 12.4. The summed E-state index contributed by atoms with van der Waals surface area (Å²) in [7, 11) is 0. The molecule has 0 bridgehead atoms. The van der Waals surface area contributed by atoms with Crippen molar-refractivity contribution in [3.63, 3.8) is 0 Å². The van der Waals surface area contributed by atoms with Crippen molar-refractivity contribution < 1.29 is 4.79 Å². The number of carbonyl (C=O) groups is 1. The van der Waals surface area contributed by atoms with Crippen LogP contribution >= 0.6 is 43.5 Å². The summed E-state index contributed by atoms with van der Waals surface area (Å²) in [6, 6.07) is 5.50. The summed E-state index contributed by atoms with van der Waals surface area (Å²) in [6.45, 7) is 4.52. The first-order valence-corrected chi connectivity index (χ1v) is 8.10. The van der Waals surface area contributed by atoms with Gasteiger partial charge in [0.05, 0.1) is 22.8 Å². The number of hydrogen-bond acceptors (Lipinski definition) is 2. The zero-order chi connectivity index (χ0) is 14.9. The Morgan fingerprint density at radius 1 is 1.40 bits per heavy atom. The molecule has 0 radical (unpaired) electrons. The van der Waals surface area contributed by atoms with Crippen molar-refractivity contribution in [3.8, 4) is 0 Å². The molecule has 1 aromatic heterocycles. The summed E-state index contributed by atoms with van der Waals surface area (Å²) >= 11 is 13.0. The van der Waals surface area contributed by atoms with Gasteiger partial charge in [-0.15, -0.1) is 0 Å².